The minimum absolute atomic E-state index is 0.0399. The first-order valence-corrected chi connectivity index (χ1v) is 15.4. The number of amides is 2. The zero-order valence-electron chi connectivity index (χ0n) is 22.1. The smallest absolute Gasteiger partial charge is 0.306 e. The third-order valence-electron chi connectivity index (χ3n) is 6.24. The number of oxime groups is 1. The number of anilines is 4. The lowest BCUT2D eigenvalue weighted by Gasteiger charge is -2.49. The normalized spacial score (nSPS) is 18.1. The summed E-state index contributed by atoms with van der Waals surface area (Å²) >= 11 is 3.85. The Morgan fingerprint density at radius 2 is 2.02 bits per heavy atom. The van der Waals surface area contributed by atoms with Crippen LogP contribution in [0.2, 0.25) is 0 Å². The molecule has 2 aliphatic heterocycles. The van der Waals surface area contributed by atoms with E-state index in [-0.39, 0.29) is 63.2 Å². The van der Waals surface area contributed by atoms with Crippen LogP contribution in [0.15, 0.2) is 57.8 Å². The van der Waals surface area contributed by atoms with Crippen LogP contribution in [0.5, 0.6) is 0 Å². The molecule has 1 saturated heterocycles. The number of aromatic nitrogens is 3. The Labute approximate surface area is 252 Å². The van der Waals surface area contributed by atoms with Gasteiger partial charge in [-0.15, -0.1) is 23.1 Å². The quantitative estimate of drug-likeness (QED) is 0.0592. The van der Waals surface area contributed by atoms with Crippen molar-refractivity contribution in [3.05, 3.63) is 53.2 Å². The fourth-order valence-corrected chi connectivity index (χ4v) is 7.38. The van der Waals surface area contributed by atoms with E-state index in [0.29, 0.717) is 16.6 Å². The van der Waals surface area contributed by atoms with Gasteiger partial charge in [-0.25, -0.2) is 4.98 Å². The summed E-state index contributed by atoms with van der Waals surface area (Å²) in [7, 11) is 0. The third kappa shape index (κ3) is 5.57. The lowest BCUT2D eigenvalue weighted by Crippen LogP contribution is -2.62. The molecule has 42 heavy (non-hydrogen) atoms. The summed E-state index contributed by atoms with van der Waals surface area (Å²) in [4.78, 5) is 52.7. The van der Waals surface area contributed by atoms with Crippen molar-refractivity contribution in [3.8, 4) is 5.69 Å². The second-order valence-electron chi connectivity index (χ2n) is 8.82. The summed E-state index contributed by atoms with van der Waals surface area (Å²) in [5, 5.41) is 19.9. The van der Waals surface area contributed by atoms with E-state index in [1.54, 1.807) is 29.0 Å². The van der Waals surface area contributed by atoms with Gasteiger partial charge in [-0.3, -0.25) is 14.5 Å². The van der Waals surface area contributed by atoms with Crippen LogP contribution in [0.3, 0.4) is 0 Å². The topological polar surface area (TPSA) is 219 Å². The molecule has 2 amide bonds. The molecule has 7 N–H and O–H groups in total. The number of nitrogens with one attached hydrogen (secondary N) is 1. The van der Waals surface area contributed by atoms with E-state index in [9.17, 15) is 19.5 Å². The number of carbonyl (C=O) groups is 3. The Balaban J connectivity index is 1.44. The van der Waals surface area contributed by atoms with Crippen LogP contribution in [0, 0.1) is 5.92 Å². The van der Waals surface area contributed by atoms with Crippen LogP contribution < -0.4 is 32.2 Å². The van der Waals surface area contributed by atoms with Crippen molar-refractivity contribution in [2.24, 2.45) is 11.1 Å². The first-order chi connectivity index (χ1) is 20.2. The molecular formula is C25H25N9O5S3. The number of carboxylic acids is 1. The number of aliphatic carboxylic acids is 1. The highest BCUT2D eigenvalue weighted by molar-refractivity contribution is 8.00. The summed E-state index contributed by atoms with van der Waals surface area (Å²) in [6.45, 7) is 1.93. The number of nitrogen functional groups attached to an aromatic ring is 3. The van der Waals surface area contributed by atoms with Crippen molar-refractivity contribution >= 4 is 80.8 Å². The van der Waals surface area contributed by atoms with Crippen LogP contribution in [0.4, 0.5) is 22.5 Å². The molecule has 0 spiro atoms. The van der Waals surface area contributed by atoms with Gasteiger partial charge in [0.2, 0.25) is 11.7 Å². The number of carboxylic acid groups (broad SMARTS) is 1. The molecule has 2 atom stereocenters. The molecule has 0 radical (unpaired) electrons. The summed E-state index contributed by atoms with van der Waals surface area (Å²) in [5.41, 5.74) is 19.3. The molecule has 14 nitrogen and oxygen atoms in total. The fraction of sp³-hybridized carbons (Fsp3) is 0.240. The van der Waals surface area contributed by atoms with Gasteiger partial charge in [0.15, 0.2) is 16.5 Å². The van der Waals surface area contributed by atoms with Gasteiger partial charge in [-0.1, -0.05) is 40.1 Å². The van der Waals surface area contributed by atoms with Gasteiger partial charge in [0.1, 0.15) is 18.0 Å². The summed E-state index contributed by atoms with van der Waals surface area (Å²) in [5.74, 6) is -2.09. The predicted octanol–water partition coefficient (Wildman–Crippen LogP) is 0.198. The van der Waals surface area contributed by atoms with Crippen LogP contribution in [0.1, 0.15) is 12.6 Å². The summed E-state index contributed by atoms with van der Waals surface area (Å²) < 4.78 is 1.61. The highest BCUT2D eigenvalue weighted by Gasteiger charge is 2.50. The number of β-lactam (4-membered cyclic amide) rings is 1. The number of hydrogen-bond donors (Lipinski definition) is 4. The van der Waals surface area contributed by atoms with Crippen LogP contribution in [0.25, 0.3) is 5.69 Å². The highest BCUT2D eigenvalue weighted by atomic mass is 32.2. The SMILES string of the molecule is CCO/N=C(\C(=O)Nc1c(N)nc(SCC2C(=O)N3C(C(=O)[O-])=CCSC23)[n+](-c2ccccc2)c1N)c1csc(N)n1. The molecule has 0 aliphatic carbocycles. The maximum atomic E-state index is 13.3. The summed E-state index contributed by atoms with van der Waals surface area (Å²) in [6, 6.07) is 9.05. The van der Waals surface area contributed by atoms with Crippen molar-refractivity contribution in [2.75, 3.05) is 40.6 Å². The van der Waals surface area contributed by atoms with Crippen LogP contribution >= 0.6 is 34.9 Å². The monoisotopic (exact) mass is 627 g/mol. The largest absolute Gasteiger partial charge is 0.543 e. The van der Waals surface area contributed by atoms with E-state index in [1.807, 2.05) is 18.2 Å². The molecule has 2 aliphatic rings. The number of carbonyl (C=O) groups excluding carboxylic acids is 3. The molecule has 0 bridgehead atoms. The second kappa shape index (κ2) is 12.3. The maximum Gasteiger partial charge on any atom is 0.306 e. The van der Waals surface area contributed by atoms with Crippen molar-refractivity contribution in [3.63, 3.8) is 0 Å². The van der Waals surface area contributed by atoms with Gasteiger partial charge in [0.05, 0.1) is 23.0 Å². The molecule has 3 aromatic rings. The van der Waals surface area contributed by atoms with Crippen molar-refractivity contribution in [1.82, 2.24) is 14.9 Å². The number of nitrogens with zero attached hydrogens (tertiary/aromatic N) is 5. The Kier molecular flexibility index (Phi) is 8.51. The number of hydrogen-bond acceptors (Lipinski definition) is 14. The van der Waals surface area contributed by atoms with E-state index < -0.39 is 17.8 Å². The van der Waals surface area contributed by atoms with E-state index in [4.69, 9.17) is 22.0 Å². The number of benzene rings is 1. The number of rotatable bonds is 10. The van der Waals surface area contributed by atoms with E-state index in [0.717, 1.165) is 11.3 Å². The average molecular weight is 628 g/mol. The van der Waals surface area contributed by atoms with Gasteiger partial charge >= 0.3 is 5.16 Å². The van der Waals surface area contributed by atoms with Crippen LogP contribution in [-0.2, 0) is 19.2 Å². The second-order valence-corrected chi connectivity index (χ2v) is 11.8. The Hall–Kier alpha value is -4.35. The molecule has 1 fully saturated rings. The number of nitrogens with two attached hydrogens (primary N) is 3. The zero-order chi connectivity index (χ0) is 30.0. The predicted molar refractivity (Wildman–Crippen MR) is 158 cm³/mol. The maximum absolute atomic E-state index is 13.3. The minimum atomic E-state index is -1.38. The molecule has 2 unspecified atom stereocenters. The van der Waals surface area contributed by atoms with E-state index in [1.165, 1.54) is 34.5 Å². The Morgan fingerprint density at radius 3 is 2.69 bits per heavy atom. The number of para-hydroxylation sites is 1. The molecule has 4 heterocycles. The first kappa shape index (κ1) is 29.2. The van der Waals surface area contributed by atoms with Crippen molar-refractivity contribution in [1.29, 1.82) is 0 Å². The lowest BCUT2D eigenvalue weighted by atomic mass is 9.99. The number of thiazole rings is 1. The van der Waals surface area contributed by atoms with E-state index in [2.05, 4.69) is 20.4 Å². The van der Waals surface area contributed by atoms with Gasteiger partial charge in [0.25, 0.3) is 11.7 Å². The van der Waals surface area contributed by atoms with Gasteiger partial charge < -0.3 is 37.3 Å². The fourth-order valence-electron chi connectivity index (χ4n) is 4.30. The van der Waals surface area contributed by atoms with Gasteiger partial charge in [0, 0.05) is 16.9 Å². The molecular weight excluding hydrogens is 603 g/mol. The third-order valence-corrected chi connectivity index (χ3v) is 9.21. The number of fused-ring (bicyclic) bond motifs is 1. The summed E-state index contributed by atoms with van der Waals surface area (Å²) in [6.07, 6.45) is 1.48. The standard InChI is InChI=1S/C25H25N9O5S3/c1-2-39-32-16(14-11-41-24(28)29-14)20(35)30-17-18(26)31-25(33(19(17)27)12-6-4-3-5-7-12)42-10-13-21(36)34-15(23(37)38)8-9-40-22(13)34/h3-8,11,13,22H,2,9-10H2,1H3,(H7,26,27,28,29,30,32,35,37,38). The van der Waals surface area contributed by atoms with E-state index >= 15 is 0 Å². The lowest BCUT2D eigenvalue weighted by molar-refractivity contribution is -0.625. The Morgan fingerprint density at radius 1 is 1.26 bits per heavy atom. The van der Waals surface area contributed by atoms with Crippen molar-refractivity contribution in [2.45, 2.75) is 17.5 Å². The molecule has 1 aromatic carbocycles. The molecule has 218 valence electrons. The molecule has 0 saturated carbocycles. The van der Waals surface area contributed by atoms with Gasteiger partial charge in [-0.2, -0.15) is 4.57 Å². The number of thioether (sulfide) groups is 2. The van der Waals surface area contributed by atoms with Crippen molar-refractivity contribution < 1.29 is 28.9 Å². The molecule has 17 heteroatoms. The Bertz CT molecular complexity index is 1610. The highest BCUT2D eigenvalue weighted by Crippen LogP contribution is 2.43. The molecule has 2 aromatic heterocycles. The molecule has 5 rings (SSSR count). The van der Waals surface area contributed by atoms with Crippen LogP contribution in [-0.4, -0.2) is 61.8 Å². The average Bonchev–Trinajstić information content (AvgIpc) is 3.40. The zero-order valence-corrected chi connectivity index (χ0v) is 24.5. The van der Waals surface area contributed by atoms with Gasteiger partial charge in [-0.05, 0) is 25.1 Å². The first-order valence-electron chi connectivity index (χ1n) is 12.5. The minimum Gasteiger partial charge on any atom is -0.543 e.